The normalized spacial score (nSPS) is 11.3. The van der Waals surface area contributed by atoms with Crippen LogP contribution in [0.4, 0.5) is 0 Å². The quantitative estimate of drug-likeness (QED) is 0.531. The highest BCUT2D eigenvalue weighted by atomic mass is 28.4. The average Bonchev–Trinajstić information content (AvgIpc) is 2.46. The summed E-state index contributed by atoms with van der Waals surface area (Å²) in [7, 11) is -0.701. The predicted octanol–water partition coefficient (Wildman–Crippen LogP) is 4.14. The second-order valence-corrected chi connectivity index (χ2v) is 13.0. The molecule has 144 valence electrons. The van der Waals surface area contributed by atoms with Crippen LogP contribution in [0.15, 0.2) is 0 Å². The molecule has 0 aliphatic carbocycles. The van der Waals surface area contributed by atoms with Gasteiger partial charge >= 0.3 is 17.1 Å². The Kier molecular flexibility index (Phi) is 14.4. The molecule has 0 rings (SSSR count). The molecule has 0 fully saturated rings. The van der Waals surface area contributed by atoms with Crippen LogP contribution in [-0.4, -0.2) is 43.3 Å². The van der Waals surface area contributed by atoms with E-state index in [1.54, 1.807) is 27.3 Å². The van der Waals surface area contributed by atoms with Crippen molar-refractivity contribution in [2.24, 2.45) is 0 Å². The van der Waals surface area contributed by atoms with Gasteiger partial charge in [-0.15, -0.1) is 0 Å². The van der Waals surface area contributed by atoms with E-state index in [2.05, 4.69) is 13.8 Å². The van der Waals surface area contributed by atoms with Crippen molar-refractivity contribution in [2.45, 2.75) is 78.6 Å². The molecule has 0 heterocycles. The molecule has 0 radical (unpaired) electrons. The Bertz CT molecular complexity index is 328. The molecule has 0 aromatic rings. The molecule has 0 atom stereocenters. The topological polar surface area (TPSA) is 71.1 Å². The lowest BCUT2D eigenvalue weighted by Gasteiger charge is -2.27. The van der Waals surface area contributed by atoms with Gasteiger partial charge in [0, 0.05) is 41.2 Å². The summed E-state index contributed by atoms with van der Waals surface area (Å²) in [6, 6.07) is 2.30. The fourth-order valence-corrected chi connectivity index (χ4v) is 6.67. The SMILES string of the molecule is CC(=O)O[Si](C)(C)OC(C)=O.CCCC[Si](CCCC)(OC)OC. The molecule has 0 aliphatic heterocycles. The zero-order valence-electron chi connectivity index (χ0n) is 16.7. The number of hydrogen-bond donors (Lipinski definition) is 0. The Morgan fingerprint density at radius 1 is 0.792 bits per heavy atom. The average molecular weight is 381 g/mol. The van der Waals surface area contributed by atoms with Gasteiger partial charge in [-0.25, -0.2) is 0 Å². The Hall–Kier alpha value is -0.706. The highest BCUT2D eigenvalue weighted by Gasteiger charge is 2.33. The van der Waals surface area contributed by atoms with Crippen LogP contribution in [0.2, 0.25) is 25.2 Å². The molecule has 0 aromatic carbocycles. The standard InChI is InChI=1S/C10H24O2Si.C6H12O4Si/c1-5-7-9-13(11-3,12-4)10-8-6-2;1-5(7)9-11(3,4)10-6(2)8/h5-10H2,1-4H3;1-4H3. The van der Waals surface area contributed by atoms with E-state index in [0.717, 1.165) is 12.1 Å². The van der Waals surface area contributed by atoms with E-state index in [-0.39, 0.29) is 0 Å². The van der Waals surface area contributed by atoms with E-state index in [4.69, 9.17) is 17.7 Å². The molecule has 0 amide bonds. The first-order valence-corrected chi connectivity index (χ1v) is 13.6. The molecule has 24 heavy (non-hydrogen) atoms. The first-order chi connectivity index (χ1) is 11.1. The van der Waals surface area contributed by atoms with Crippen molar-refractivity contribution < 1.29 is 27.3 Å². The summed E-state index contributed by atoms with van der Waals surface area (Å²) >= 11 is 0. The lowest BCUT2D eigenvalue weighted by Crippen LogP contribution is -2.39. The summed E-state index contributed by atoms with van der Waals surface area (Å²) in [5.74, 6) is -0.828. The maximum Gasteiger partial charge on any atom is 0.457 e. The minimum atomic E-state index is -2.53. The Balaban J connectivity index is 0. The summed E-state index contributed by atoms with van der Waals surface area (Å²) in [5.41, 5.74) is 0. The first-order valence-electron chi connectivity index (χ1n) is 8.57. The van der Waals surface area contributed by atoms with Gasteiger partial charge in [0.05, 0.1) is 0 Å². The van der Waals surface area contributed by atoms with Crippen molar-refractivity contribution >= 4 is 29.1 Å². The van der Waals surface area contributed by atoms with Crippen LogP contribution in [-0.2, 0) is 27.3 Å². The zero-order valence-corrected chi connectivity index (χ0v) is 18.7. The van der Waals surface area contributed by atoms with Crippen molar-refractivity contribution in [2.75, 3.05) is 14.2 Å². The van der Waals surface area contributed by atoms with E-state index >= 15 is 0 Å². The second kappa shape index (κ2) is 13.6. The van der Waals surface area contributed by atoms with Crippen molar-refractivity contribution in [1.29, 1.82) is 0 Å². The molecule has 0 saturated heterocycles. The second-order valence-electron chi connectivity index (χ2n) is 6.11. The van der Waals surface area contributed by atoms with Crippen LogP contribution in [0.1, 0.15) is 53.4 Å². The van der Waals surface area contributed by atoms with E-state index in [1.807, 2.05) is 0 Å². The van der Waals surface area contributed by atoms with Gasteiger partial charge in [-0.2, -0.15) is 0 Å². The highest BCUT2D eigenvalue weighted by molar-refractivity contribution is 6.67. The van der Waals surface area contributed by atoms with Gasteiger partial charge in [0.1, 0.15) is 0 Å². The van der Waals surface area contributed by atoms with Crippen LogP contribution < -0.4 is 0 Å². The number of rotatable bonds is 10. The van der Waals surface area contributed by atoms with E-state index in [1.165, 1.54) is 39.5 Å². The fourth-order valence-electron chi connectivity index (χ4n) is 2.22. The number of hydrogen-bond acceptors (Lipinski definition) is 6. The van der Waals surface area contributed by atoms with Crippen molar-refractivity contribution in [3.63, 3.8) is 0 Å². The largest absolute Gasteiger partial charge is 0.485 e. The molecule has 8 heteroatoms. The number of carbonyl (C=O) groups excluding carboxylic acids is 2. The van der Waals surface area contributed by atoms with Crippen molar-refractivity contribution in [3.8, 4) is 0 Å². The molecule has 0 aromatic heterocycles. The molecular weight excluding hydrogens is 344 g/mol. The van der Waals surface area contributed by atoms with Gasteiger partial charge in [0.2, 0.25) is 0 Å². The first kappa shape index (κ1) is 25.5. The van der Waals surface area contributed by atoms with Gasteiger partial charge in [-0.05, 0) is 12.1 Å². The third kappa shape index (κ3) is 13.7. The van der Waals surface area contributed by atoms with Gasteiger partial charge < -0.3 is 17.7 Å². The summed E-state index contributed by atoms with van der Waals surface area (Å²) in [5, 5.41) is 0. The van der Waals surface area contributed by atoms with E-state index in [0.29, 0.717) is 0 Å². The van der Waals surface area contributed by atoms with Crippen LogP contribution in [0.3, 0.4) is 0 Å². The molecular formula is C16H36O6Si2. The maximum atomic E-state index is 10.5. The fraction of sp³-hybridized carbons (Fsp3) is 0.875. The molecule has 0 saturated carbocycles. The van der Waals surface area contributed by atoms with Gasteiger partial charge in [-0.3, -0.25) is 9.59 Å². The Labute approximate surface area is 149 Å². The van der Waals surface area contributed by atoms with Crippen LogP contribution in [0.5, 0.6) is 0 Å². The maximum absolute atomic E-state index is 10.5. The summed E-state index contributed by atoms with van der Waals surface area (Å²) in [6.07, 6.45) is 4.93. The predicted molar refractivity (Wildman–Crippen MR) is 100 cm³/mol. The lowest BCUT2D eigenvalue weighted by molar-refractivity contribution is -0.138. The lowest BCUT2D eigenvalue weighted by atomic mass is 10.4. The van der Waals surface area contributed by atoms with Gasteiger partial charge in [-0.1, -0.05) is 39.5 Å². The van der Waals surface area contributed by atoms with Gasteiger partial charge in [0.15, 0.2) is 0 Å². The Morgan fingerprint density at radius 2 is 1.12 bits per heavy atom. The highest BCUT2D eigenvalue weighted by Crippen LogP contribution is 2.22. The summed E-state index contributed by atoms with van der Waals surface area (Å²) < 4.78 is 20.8. The van der Waals surface area contributed by atoms with Crippen LogP contribution >= 0.6 is 0 Å². The molecule has 0 spiro atoms. The van der Waals surface area contributed by atoms with Crippen molar-refractivity contribution in [1.82, 2.24) is 0 Å². The molecule has 0 unspecified atom stereocenters. The third-order valence-electron chi connectivity index (χ3n) is 3.35. The van der Waals surface area contributed by atoms with Crippen LogP contribution in [0.25, 0.3) is 0 Å². The van der Waals surface area contributed by atoms with Crippen LogP contribution in [0, 0.1) is 0 Å². The number of carbonyl (C=O) groups is 2. The third-order valence-corrected chi connectivity index (χ3v) is 8.62. The minimum Gasteiger partial charge on any atom is -0.485 e. The smallest absolute Gasteiger partial charge is 0.457 e. The number of unbranched alkanes of at least 4 members (excludes halogenated alkanes) is 2. The molecule has 0 aliphatic rings. The molecule has 0 N–H and O–H groups in total. The summed E-state index contributed by atoms with van der Waals surface area (Å²) in [4.78, 5) is 20.9. The Morgan fingerprint density at radius 3 is 1.33 bits per heavy atom. The van der Waals surface area contributed by atoms with E-state index < -0.39 is 29.1 Å². The molecule has 6 nitrogen and oxygen atoms in total. The summed E-state index contributed by atoms with van der Waals surface area (Å²) in [6.45, 7) is 10.3. The van der Waals surface area contributed by atoms with E-state index in [9.17, 15) is 9.59 Å². The monoisotopic (exact) mass is 380 g/mol. The van der Waals surface area contributed by atoms with Crippen molar-refractivity contribution in [3.05, 3.63) is 0 Å². The van der Waals surface area contributed by atoms with Gasteiger partial charge in [0.25, 0.3) is 11.9 Å². The zero-order chi connectivity index (χ0) is 19.2. The minimum absolute atomic E-state index is 0.414. The molecule has 0 bridgehead atoms.